The van der Waals surface area contributed by atoms with E-state index in [4.69, 9.17) is 0 Å². The summed E-state index contributed by atoms with van der Waals surface area (Å²) in [5, 5.41) is 0. The lowest BCUT2D eigenvalue weighted by atomic mass is 9.79. The molecule has 0 radical (unpaired) electrons. The van der Waals surface area contributed by atoms with Crippen LogP contribution in [0.15, 0.2) is 24.5 Å². The minimum Gasteiger partial charge on any atom is -0.342 e. The number of nitrogens with zero attached hydrogens (tertiary/aromatic N) is 3. The van der Waals surface area contributed by atoms with Gasteiger partial charge in [0, 0.05) is 50.4 Å². The van der Waals surface area contributed by atoms with Gasteiger partial charge in [0.1, 0.15) is 0 Å². The Hall–Kier alpha value is -1.42. The van der Waals surface area contributed by atoms with E-state index in [1.54, 1.807) is 6.20 Å². The van der Waals surface area contributed by atoms with Crippen LogP contribution in [0.5, 0.6) is 0 Å². The van der Waals surface area contributed by atoms with E-state index in [2.05, 4.69) is 20.9 Å². The lowest BCUT2D eigenvalue weighted by Crippen LogP contribution is -2.46. The highest BCUT2D eigenvalue weighted by Gasteiger charge is 2.43. The zero-order valence-corrected chi connectivity index (χ0v) is 14.6. The quantitative estimate of drug-likeness (QED) is 0.834. The SMILES string of the molecule is O=C(CCc1cccnc1)N1CC[C@]2(CCCN(CC3CC3)C2)C1. The number of amides is 1. The third-order valence-corrected chi connectivity index (χ3v) is 6.10. The second-order valence-electron chi connectivity index (χ2n) is 8.21. The largest absolute Gasteiger partial charge is 0.342 e. The van der Waals surface area contributed by atoms with Gasteiger partial charge in [-0.05, 0) is 62.6 Å². The Morgan fingerprint density at radius 2 is 2.17 bits per heavy atom. The number of piperidine rings is 1. The Bertz CT molecular complexity index is 572. The van der Waals surface area contributed by atoms with Crippen molar-refractivity contribution in [3.8, 4) is 0 Å². The topological polar surface area (TPSA) is 36.4 Å². The highest BCUT2D eigenvalue weighted by atomic mass is 16.2. The van der Waals surface area contributed by atoms with Gasteiger partial charge in [0.25, 0.3) is 0 Å². The van der Waals surface area contributed by atoms with E-state index >= 15 is 0 Å². The molecule has 0 N–H and O–H groups in total. The first-order valence-corrected chi connectivity index (χ1v) is 9.62. The van der Waals surface area contributed by atoms with Gasteiger partial charge in [-0.1, -0.05) is 6.07 Å². The third kappa shape index (κ3) is 3.80. The first-order chi connectivity index (χ1) is 11.7. The summed E-state index contributed by atoms with van der Waals surface area (Å²) < 4.78 is 0. The number of pyridine rings is 1. The molecule has 1 aliphatic carbocycles. The number of likely N-dealkylation sites (tertiary alicyclic amines) is 2. The lowest BCUT2D eigenvalue weighted by molar-refractivity contribution is -0.130. The summed E-state index contributed by atoms with van der Waals surface area (Å²) in [4.78, 5) is 21.6. The number of carbonyl (C=O) groups excluding carboxylic acids is 1. The standard InChI is InChI=1S/C20H29N3O/c24-19(7-6-17-3-1-10-21-13-17)23-12-9-20(16-23)8-2-11-22(15-20)14-18-4-5-18/h1,3,10,13,18H,2,4-9,11-12,14-16H2/t20-/m0/s1. The number of rotatable bonds is 5. The Balaban J connectivity index is 1.29. The molecule has 130 valence electrons. The first-order valence-electron chi connectivity index (χ1n) is 9.62. The van der Waals surface area contributed by atoms with Crippen LogP contribution in [0.1, 0.15) is 44.1 Å². The number of hydrogen-bond donors (Lipinski definition) is 0. The zero-order chi connectivity index (χ0) is 16.4. The Morgan fingerprint density at radius 3 is 2.96 bits per heavy atom. The van der Waals surface area contributed by atoms with E-state index in [0.717, 1.165) is 31.0 Å². The summed E-state index contributed by atoms with van der Waals surface area (Å²) in [7, 11) is 0. The Kier molecular flexibility index (Phi) is 4.57. The smallest absolute Gasteiger partial charge is 0.222 e. The molecule has 3 heterocycles. The van der Waals surface area contributed by atoms with Crippen LogP contribution in [-0.2, 0) is 11.2 Å². The molecule has 1 aromatic rings. The fraction of sp³-hybridized carbons (Fsp3) is 0.700. The normalized spacial score (nSPS) is 27.8. The summed E-state index contributed by atoms with van der Waals surface area (Å²) in [6, 6.07) is 4.00. The van der Waals surface area contributed by atoms with Gasteiger partial charge in [-0.25, -0.2) is 0 Å². The molecule has 1 amide bonds. The predicted octanol–water partition coefficient (Wildman–Crippen LogP) is 2.74. The van der Waals surface area contributed by atoms with E-state index in [0.29, 0.717) is 17.7 Å². The van der Waals surface area contributed by atoms with Crippen molar-refractivity contribution < 1.29 is 4.79 Å². The van der Waals surface area contributed by atoms with Gasteiger partial charge in [-0.2, -0.15) is 0 Å². The molecule has 1 atom stereocenters. The number of hydrogen-bond acceptors (Lipinski definition) is 3. The van der Waals surface area contributed by atoms with Crippen molar-refractivity contribution in [2.45, 2.75) is 44.9 Å². The zero-order valence-electron chi connectivity index (χ0n) is 14.6. The van der Waals surface area contributed by atoms with Gasteiger partial charge in [0.15, 0.2) is 0 Å². The van der Waals surface area contributed by atoms with Crippen LogP contribution in [0.2, 0.25) is 0 Å². The molecule has 0 unspecified atom stereocenters. The molecule has 24 heavy (non-hydrogen) atoms. The molecule has 2 saturated heterocycles. The van der Waals surface area contributed by atoms with E-state index in [1.165, 1.54) is 51.7 Å². The Morgan fingerprint density at radius 1 is 1.25 bits per heavy atom. The molecule has 1 aromatic heterocycles. The summed E-state index contributed by atoms with van der Waals surface area (Å²) in [6.07, 6.45) is 11.8. The second kappa shape index (κ2) is 6.83. The van der Waals surface area contributed by atoms with Crippen molar-refractivity contribution in [3.63, 3.8) is 0 Å². The summed E-state index contributed by atoms with van der Waals surface area (Å²) >= 11 is 0. The van der Waals surface area contributed by atoms with Crippen molar-refractivity contribution in [2.75, 3.05) is 32.7 Å². The minimum atomic E-state index is 0.329. The third-order valence-electron chi connectivity index (χ3n) is 6.10. The first kappa shape index (κ1) is 16.1. The van der Waals surface area contributed by atoms with Gasteiger partial charge in [-0.3, -0.25) is 9.78 Å². The molecule has 0 aromatic carbocycles. The second-order valence-corrected chi connectivity index (χ2v) is 8.21. The fourth-order valence-corrected chi connectivity index (χ4v) is 4.57. The van der Waals surface area contributed by atoms with Crippen molar-refractivity contribution in [3.05, 3.63) is 30.1 Å². The van der Waals surface area contributed by atoms with Gasteiger partial charge in [-0.15, -0.1) is 0 Å². The van der Waals surface area contributed by atoms with Crippen LogP contribution in [0.3, 0.4) is 0 Å². The van der Waals surface area contributed by atoms with Crippen LogP contribution in [-0.4, -0.2) is 53.4 Å². The Labute approximate surface area is 145 Å². The van der Waals surface area contributed by atoms with Gasteiger partial charge < -0.3 is 9.80 Å². The molecule has 1 saturated carbocycles. The van der Waals surface area contributed by atoms with E-state index < -0.39 is 0 Å². The lowest BCUT2D eigenvalue weighted by Gasteiger charge is -2.40. The number of carbonyl (C=O) groups is 1. The minimum absolute atomic E-state index is 0.329. The molecular formula is C20H29N3O. The van der Waals surface area contributed by atoms with E-state index in [9.17, 15) is 4.79 Å². The molecule has 4 rings (SSSR count). The molecular weight excluding hydrogens is 298 g/mol. The summed E-state index contributed by atoms with van der Waals surface area (Å²) in [5.74, 6) is 1.30. The highest BCUT2D eigenvalue weighted by Crippen LogP contribution is 2.40. The predicted molar refractivity (Wildman–Crippen MR) is 94.6 cm³/mol. The van der Waals surface area contributed by atoms with Crippen LogP contribution in [0.25, 0.3) is 0 Å². The summed E-state index contributed by atoms with van der Waals surface area (Å²) in [5.41, 5.74) is 1.55. The fourth-order valence-electron chi connectivity index (χ4n) is 4.57. The maximum Gasteiger partial charge on any atom is 0.222 e. The average Bonchev–Trinajstić information content (AvgIpc) is 3.33. The van der Waals surface area contributed by atoms with Crippen molar-refractivity contribution in [1.29, 1.82) is 0 Å². The molecule has 0 bridgehead atoms. The van der Waals surface area contributed by atoms with Crippen LogP contribution in [0, 0.1) is 11.3 Å². The number of aryl methyl sites for hydroxylation is 1. The van der Waals surface area contributed by atoms with Gasteiger partial charge >= 0.3 is 0 Å². The molecule has 1 spiro atoms. The summed E-state index contributed by atoms with van der Waals surface area (Å²) in [6.45, 7) is 5.74. The van der Waals surface area contributed by atoms with Crippen molar-refractivity contribution in [1.82, 2.24) is 14.8 Å². The average molecular weight is 327 g/mol. The molecule has 2 aliphatic heterocycles. The number of aromatic nitrogens is 1. The van der Waals surface area contributed by atoms with Crippen molar-refractivity contribution in [2.24, 2.45) is 11.3 Å². The molecule has 3 fully saturated rings. The van der Waals surface area contributed by atoms with Gasteiger partial charge in [0.05, 0.1) is 0 Å². The highest BCUT2D eigenvalue weighted by molar-refractivity contribution is 5.76. The van der Waals surface area contributed by atoms with E-state index in [-0.39, 0.29) is 0 Å². The van der Waals surface area contributed by atoms with Gasteiger partial charge in [0.2, 0.25) is 5.91 Å². The molecule has 4 nitrogen and oxygen atoms in total. The molecule has 4 heteroatoms. The maximum absolute atomic E-state index is 12.6. The maximum atomic E-state index is 12.6. The molecule has 3 aliphatic rings. The van der Waals surface area contributed by atoms with Crippen LogP contribution < -0.4 is 0 Å². The van der Waals surface area contributed by atoms with E-state index in [1.807, 2.05) is 12.3 Å². The van der Waals surface area contributed by atoms with Crippen molar-refractivity contribution >= 4 is 5.91 Å². The monoisotopic (exact) mass is 327 g/mol. The van der Waals surface area contributed by atoms with Crippen LogP contribution >= 0.6 is 0 Å². The van der Waals surface area contributed by atoms with Crippen LogP contribution in [0.4, 0.5) is 0 Å².